The lowest BCUT2D eigenvalue weighted by Crippen LogP contribution is -2.37. The van der Waals surface area contributed by atoms with Gasteiger partial charge in [-0.25, -0.2) is 0 Å². The molecule has 0 aromatic heterocycles. The largest absolute Gasteiger partial charge is 0.380 e. The zero-order valence-electron chi connectivity index (χ0n) is 12.4. The molecule has 1 heterocycles. The van der Waals surface area contributed by atoms with Gasteiger partial charge in [0, 0.05) is 25.8 Å². The molecular formula is C16H22N2O3. The fourth-order valence-electron chi connectivity index (χ4n) is 2.49. The van der Waals surface area contributed by atoms with Gasteiger partial charge in [-0.3, -0.25) is 9.59 Å². The minimum Gasteiger partial charge on any atom is -0.380 e. The van der Waals surface area contributed by atoms with Crippen molar-refractivity contribution in [1.82, 2.24) is 4.90 Å². The van der Waals surface area contributed by atoms with Gasteiger partial charge >= 0.3 is 0 Å². The van der Waals surface area contributed by atoms with E-state index in [-0.39, 0.29) is 18.4 Å². The summed E-state index contributed by atoms with van der Waals surface area (Å²) in [5.41, 5.74) is 1.73. The fraction of sp³-hybridized carbons (Fsp3) is 0.500. The maximum atomic E-state index is 12.1. The number of methoxy groups -OCH3 is 1. The quantitative estimate of drug-likeness (QED) is 0.904. The van der Waals surface area contributed by atoms with Crippen LogP contribution in [-0.2, 0) is 20.9 Å². The molecule has 1 aliphatic heterocycles. The maximum Gasteiger partial charge on any atom is 0.243 e. The van der Waals surface area contributed by atoms with Gasteiger partial charge in [0.15, 0.2) is 0 Å². The van der Waals surface area contributed by atoms with Crippen LogP contribution in [0.1, 0.15) is 31.2 Å². The van der Waals surface area contributed by atoms with E-state index in [2.05, 4.69) is 5.32 Å². The number of anilines is 1. The highest BCUT2D eigenvalue weighted by Gasteiger charge is 2.19. The van der Waals surface area contributed by atoms with E-state index in [1.165, 1.54) is 0 Å². The molecule has 0 aliphatic carbocycles. The van der Waals surface area contributed by atoms with Gasteiger partial charge in [-0.05, 0) is 30.5 Å². The number of likely N-dealkylation sites (tertiary alicyclic amines) is 1. The third-order valence-corrected chi connectivity index (χ3v) is 3.53. The van der Waals surface area contributed by atoms with Crippen LogP contribution in [0.2, 0.25) is 0 Å². The molecule has 0 atom stereocenters. The van der Waals surface area contributed by atoms with E-state index in [0.29, 0.717) is 19.6 Å². The number of rotatable bonds is 5. The van der Waals surface area contributed by atoms with Crippen LogP contribution in [0.25, 0.3) is 0 Å². The van der Waals surface area contributed by atoms with Gasteiger partial charge < -0.3 is 15.0 Å². The van der Waals surface area contributed by atoms with Crippen LogP contribution >= 0.6 is 0 Å². The Balaban J connectivity index is 1.91. The summed E-state index contributed by atoms with van der Waals surface area (Å²) in [6.07, 6.45) is 3.51. The number of hydrogen-bond acceptors (Lipinski definition) is 3. The lowest BCUT2D eigenvalue weighted by Gasteiger charge is -2.19. The van der Waals surface area contributed by atoms with Gasteiger partial charge in [0.2, 0.25) is 11.8 Å². The molecule has 0 saturated carbocycles. The molecule has 5 nitrogen and oxygen atoms in total. The molecular weight excluding hydrogens is 268 g/mol. The second kappa shape index (κ2) is 7.78. The predicted molar refractivity (Wildman–Crippen MR) is 80.8 cm³/mol. The molecule has 1 saturated heterocycles. The zero-order valence-corrected chi connectivity index (χ0v) is 12.4. The predicted octanol–water partition coefficient (Wildman–Crippen LogP) is 2.17. The van der Waals surface area contributed by atoms with Crippen molar-refractivity contribution >= 4 is 17.5 Å². The molecule has 0 bridgehead atoms. The summed E-state index contributed by atoms with van der Waals surface area (Å²) in [6.45, 7) is 1.32. The minimum absolute atomic E-state index is 0.0794. The Morgan fingerprint density at radius 3 is 3.00 bits per heavy atom. The summed E-state index contributed by atoms with van der Waals surface area (Å²) >= 11 is 0. The van der Waals surface area contributed by atoms with E-state index >= 15 is 0 Å². The van der Waals surface area contributed by atoms with E-state index in [4.69, 9.17) is 4.74 Å². The summed E-state index contributed by atoms with van der Waals surface area (Å²) < 4.78 is 5.07. The van der Waals surface area contributed by atoms with Crippen LogP contribution in [0.4, 0.5) is 5.69 Å². The highest BCUT2D eigenvalue weighted by molar-refractivity contribution is 5.94. The van der Waals surface area contributed by atoms with Gasteiger partial charge in [-0.2, -0.15) is 0 Å². The number of nitrogens with one attached hydrogen (secondary N) is 1. The molecule has 2 amide bonds. The van der Waals surface area contributed by atoms with Crippen LogP contribution in [0.15, 0.2) is 24.3 Å². The SMILES string of the molecule is COCc1cccc(NC(=O)CN2CCCCCC2=O)c1. The number of amides is 2. The fourth-order valence-corrected chi connectivity index (χ4v) is 2.49. The summed E-state index contributed by atoms with van der Waals surface area (Å²) in [5, 5.41) is 2.84. The van der Waals surface area contributed by atoms with Gasteiger partial charge in [0.05, 0.1) is 13.2 Å². The van der Waals surface area contributed by atoms with Crippen molar-refractivity contribution < 1.29 is 14.3 Å². The smallest absolute Gasteiger partial charge is 0.243 e. The minimum atomic E-state index is -0.153. The molecule has 1 aromatic rings. The molecule has 2 rings (SSSR count). The van der Waals surface area contributed by atoms with Crippen molar-refractivity contribution in [2.45, 2.75) is 32.3 Å². The van der Waals surface area contributed by atoms with Gasteiger partial charge in [0.1, 0.15) is 0 Å². The number of nitrogens with zero attached hydrogens (tertiary/aromatic N) is 1. The van der Waals surface area contributed by atoms with E-state index in [1.54, 1.807) is 12.0 Å². The Labute approximate surface area is 125 Å². The Morgan fingerprint density at radius 1 is 1.33 bits per heavy atom. The maximum absolute atomic E-state index is 12.1. The first-order valence-electron chi connectivity index (χ1n) is 7.34. The molecule has 1 N–H and O–H groups in total. The van der Waals surface area contributed by atoms with Crippen LogP contribution in [0.5, 0.6) is 0 Å². The number of carbonyl (C=O) groups is 2. The molecule has 0 spiro atoms. The second-order valence-corrected chi connectivity index (χ2v) is 5.31. The van der Waals surface area contributed by atoms with Crippen molar-refractivity contribution in [3.63, 3.8) is 0 Å². The van der Waals surface area contributed by atoms with E-state index in [9.17, 15) is 9.59 Å². The first-order valence-corrected chi connectivity index (χ1v) is 7.34. The van der Waals surface area contributed by atoms with Gasteiger partial charge in [-0.1, -0.05) is 18.6 Å². The Kier molecular flexibility index (Phi) is 5.75. The van der Waals surface area contributed by atoms with Crippen molar-refractivity contribution in [2.75, 3.05) is 25.5 Å². The number of carbonyl (C=O) groups excluding carboxylic acids is 2. The van der Waals surface area contributed by atoms with E-state index in [1.807, 2.05) is 24.3 Å². The summed E-state index contributed by atoms with van der Waals surface area (Å²) in [7, 11) is 1.64. The van der Waals surface area contributed by atoms with Crippen LogP contribution < -0.4 is 5.32 Å². The third-order valence-electron chi connectivity index (χ3n) is 3.53. The highest BCUT2D eigenvalue weighted by Crippen LogP contribution is 2.13. The lowest BCUT2D eigenvalue weighted by molar-refractivity contribution is -0.134. The first kappa shape index (κ1) is 15.5. The highest BCUT2D eigenvalue weighted by atomic mass is 16.5. The third kappa shape index (κ3) is 4.86. The first-order chi connectivity index (χ1) is 10.2. The van der Waals surface area contributed by atoms with Crippen LogP contribution in [0, 0.1) is 0 Å². The molecule has 0 unspecified atom stereocenters. The van der Waals surface area contributed by atoms with Gasteiger partial charge in [0.25, 0.3) is 0 Å². The Hall–Kier alpha value is -1.88. The summed E-state index contributed by atoms with van der Waals surface area (Å²) in [4.78, 5) is 25.6. The molecule has 21 heavy (non-hydrogen) atoms. The van der Waals surface area contributed by atoms with Crippen molar-refractivity contribution in [3.8, 4) is 0 Å². The molecule has 1 fully saturated rings. The molecule has 5 heteroatoms. The number of hydrogen-bond donors (Lipinski definition) is 1. The monoisotopic (exact) mass is 290 g/mol. The van der Waals surface area contributed by atoms with E-state index < -0.39 is 0 Å². The van der Waals surface area contributed by atoms with E-state index in [0.717, 1.165) is 30.5 Å². The van der Waals surface area contributed by atoms with Gasteiger partial charge in [-0.15, -0.1) is 0 Å². The molecule has 0 radical (unpaired) electrons. The molecule has 1 aromatic carbocycles. The average Bonchev–Trinajstić information content (AvgIpc) is 2.65. The normalized spacial score (nSPS) is 15.7. The standard InChI is InChI=1S/C16H22N2O3/c1-21-12-13-6-5-7-14(10-13)17-15(19)11-18-9-4-2-3-8-16(18)20/h5-7,10H,2-4,8-9,11-12H2,1H3,(H,17,19). The molecule has 114 valence electrons. The van der Waals surface area contributed by atoms with Crippen molar-refractivity contribution in [3.05, 3.63) is 29.8 Å². The van der Waals surface area contributed by atoms with Crippen LogP contribution in [-0.4, -0.2) is 36.9 Å². The number of benzene rings is 1. The Bertz CT molecular complexity index is 502. The summed E-state index contributed by atoms with van der Waals surface area (Å²) in [6, 6.07) is 7.53. The Morgan fingerprint density at radius 2 is 2.19 bits per heavy atom. The summed E-state index contributed by atoms with van der Waals surface area (Å²) in [5.74, 6) is -0.0735. The average molecular weight is 290 g/mol. The van der Waals surface area contributed by atoms with Crippen molar-refractivity contribution in [2.24, 2.45) is 0 Å². The molecule has 1 aliphatic rings. The lowest BCUT2D eigenvalue weighted by atomic mass is 10.2. The second-order valence-electron chi connectivity index (χ2n) is 5.31. The number of ether oxygens (including phenoxy) is 1. The van der Waals surface area contributed by atoms with Crippen molar-refractivity contribution in [1.29, 1.82) is 0 Å². The zero-order chi connectivity index (χ0) is 15.1. The topological polar surface area (TPSA) is 58.6 Å². The van der Waals surface area contributed by atoms with Crippen LogP contribution in [0.3, 0.4) is 0 Å².